The highest BCUT2D eigenvalue weighted by Crippen LogP contribution is 2.18. The van der Waals surface area contributed by atoms with Crippen molar-refractivity contribution in [2.75, 3.05) is 0 Å². The molecular weight excluding hydrogens is 192 g/mol. The van der Waals surface area contributed by atoms with Crippen LogP contribution in [0.15, 0.2) is 24.3 Å². The smallest absolute Gasteiger partial charge is 0.258 e. The van der Waals surface area contributed by atoms with Gasteiger partial charge in [0.2, 0.25) is 0 Å². The monoisotopic (exact) mass is 208 g/mol. The molecule has 0 saturated carbocycles. The molecule has 2 atom stereocenters. The second kappa shape index (κ2) is 4.79. The van der Waals surface area contributed by atoms with Crippen LogP contribution in [0, 0.1) is 0 Å². The van der Waals surface area contributed by atoms with E-state index in [4.69, 9.17) is 16.2 Å². The lowest BCUT2D eigenvalue weighted by Gasteiger charge is -2.13. The molecular formula is C11H16N2O2. The van der Waals surface area contributed by atoms with Gasteiger partial charge in [0.05, 0.1) is 0 Å². The molecule has 0 aliphatic heterocycles. The Labute approximate surface area is 89.2 Å². The van der Waals surface area contributed by atoms with Crippen LogP contribution in [0.2, 0.25) is 0 Å². The Hall–Kier alpha value is -1.55. The average molecular weight is 208 g/mol. The van der Waals surface area contributed by atoms with Crippen molar-refractivity contribution in [2.45, 2.75) is 26.0 Å². The van der Waals surface area contributed by atoms with Gasteiger partial charge in [-0.3, -0.25) is 4.79 Å². The minimum Gasteiger partial charge on any atom is -0.481 e. The minimum atomic E-state index is -0.631. The normalized spacial score (nSPS) is 14.3. The Morgan fingerprint density at radius 1 is 1.40 bits per heavy atom. The zero-order valence-corrected chi connectivity index (χ0v) is 8.94. The van der Waals surface area contributed by atoms with Crippen LogP contribution in [0.5, 0.6) is 5.75 Å². The van der Waals surface area contributed by atoms with Crippen molar-refractivity contribution in [1.82, 2.24) is 0 Å². The van der Waals surface area contributed by atoms with Crippen LogP contribution in [0.25, 0.3) is 0 Å². The molecule has 4 N–H and O–H groups in total. The lowest BCUT2D eigenvalue weighted by atomic mass is 10.1. The van der Waals surface area contributed by atoms with Crippen LogP contribution in [0.1, 0.15) is 25.5 Å². The maximum atomic E-state index is 10.8. The van der Waals surface area contributed by atoms with Crippen LogP contribution in [0.4, 0.5) is 0 Å². The van der Waals surface area contributed by atoms with E-state index in [0.717, 1.165) is 5.56 Å². The summed E-state index contributed by atoms with van der Waals surface area (Å²) in [6.07, 6.45) is -0.631. The van der Waals surface area contributed by atoms with Crippen molar-refractivity contribution >= 4 is 5.91 Å². The number of amides is 1. The fourth-order valence-corrected chi connectivity index (χ4v) is 1.13. The number of carbonyl (C=O) groups excluding carboxylic acids is 1. The summed E-state index contributed by atoms with van der Waals surface area (Å²) in [5.41, 5.74) is 11.8. The van der Waals surface area contributed by atoms with E-state index in [9.17, 15) is 4.79 Å². The minimum absolute atomic E-state index is 0.0579. The summed E-state index contributed by atoms with van der Waals surface area (Å²) < 4.78 is 5.34. The van der Waals surface area contributed by atoms with Crippen LogP contribution in [-0.4, -0.2) is 12.0 Å². The van der Waals surface area contributed by atoms with Gasteiger partial charge < -0.3 is 16.2 Å². The molecule has 4 heteroatoms. The topological polar surface area (TPSA) is 78.3 Å². The Kier molecular flexibility index (Phi) is 3.68. The van der Waals surface area contributed by atoms with Gasteiger partial charge in [0, 0.05) is 6.04 Å². The summed E-state index contributed by atoms with van der Waals surface area (Å²) in [6, 6.07) is 7.27. The summed E-state index contributed by atoms with van der Waals surface area (Å²) in [6.45, 7) is 3.50. The SMILES string of the molecule is CC(Oc1cccc(C(C)N)c1)C(N)=O. The van der Waals surface area contributed by atoms with Crippen LogP contribution >= 0.6 is 0 Å². The summed E-state index contributed by atoms with van der Waals surface area (Å²) in [5, 5.41) is 0. The number of rotatable bonds is 4. The molecule has 0 heterocycles. The van der Waals surface area contributed by atoms with Crippen LogP contribution < -0.4 is 16.2 Å². The second-order valence-corrected chi connectivity index (χ2v) is 3.52. The molecule has 0 saturated heterocycles. The standard InChI is InChI=1S/C11H16N2O2/c1-7(12)9-4-3-5-10(6-9)15-8(2)11(13)14/h3-8H,12H2,1-2H3,(H2,13,14). The highest BCUT2D eigenvalue weighted by Gasteiger charge is 2.10. The van der Waals surface area contributed by atoms with Crippen molar-refractivity contribution in [3.8, 4) is 5.75 Å². The molecule has 1 amide bonds. The highest BCUT2D eigenvalue weighted by atomic mass is 16.5. The van der Waals surface area contributed by atoms with Gasteiger partial charge in [-0.05, 0) is 31.5 Å². The average Bonchev–Trinajstić information content (AvgIpc) is 2.18. The van der Waals surface area contributed by atoms with E-state index in [2.05, 4.69) is 0 Å². The third kappa shape index (κ3) is 3.25. The maximum absolute atomic E-state index is 10.8. The van der Waals surface area contributed by atoms with Crippen molar-refractivity contribution < 1.29 is 9.53 Å². The third-order valence-electron chi connectivity index (χ3n) is 2.10. The molecule has 4 nitrogen and oxygen atoms in total. The Bertz CT molecular complexity index is 350. The molecule has 0 spiro atoms. The lowest BCUT2D eigenvalue weighted by molar-refractivity contribution is -0.123. The Balaban J connectivity index is 2.78. The van der Waals surface area contributed by atoms with E-state index in [-0.39, 0.29) is 6.04 Å². The van der Waals surface area contributed by atoms with Gasteiger partial charge >= 0.3 is 0 Å². The van der Waals surface area contributed by atoms with Gasteiger partial charge in [-0.25, -0.2) is 0 Å². The molecule has 0 fully saturated rings. The maximum Gasteiger partial charge on any atom is 0.258 e. The first kappa shape index (κ1) is 11.5. The molecule has 0 bridgehead atoms. The molecule has 2 unspecified atom stereocenters. The van der Waals surface area contributed by atoms with Gasteiger partial charge in [-0.2, -0.15) is 0 Å². The Morgan fingerprint density at radius 2 is 2.07 bits per heavy atom. The molecule has 1 aromatic rings. The fourth-order valence-electron chi connectivity index (χ4n) is 1.13. The van der Waals surface area contributed by atoms with Crippen molar-refractivity contribution in [3.05, 3.63) is 29.8 Å². The van der Waals surface area contributed by atoms with E-state index in [1.165, 1.54) is 0 Å². The number of carbonyl (C=O) groups is 1. The van der Waals surface area contributed by atoms with E-state index in [1.54, 1.807) is 13.0 Å². The summed E-state index contributed by atoms with van der Waals surface area (Å²) in [5.74, 6) is 0.123. The van der Waals surface area contributed by atoms with Crippen molar-refractivity contribution in [1.29, 1.82) is 0 Å². The van der Waals surface area contributed by atoms with E-state index < -0.39 is 12.0 Å². The number of hydrogen-bond donors (Lipinski definition) is 2. The number of ether oxygens (including phenoxy) is 1. The van der Waals surface area contributed by atoms with Gasteiger partial charge in [0.15, 0.2) is 6.10 Å². The number of benzene rings is 1. The van der Waals surface area contributed by atoms with Crippen LogP contribution in [0.3, 0.4) is 0 Å². The first-order valence-corrected chi connectivity index (χ1v) is 4.82. The van der Waals surface area contributed by atoms with Crippen LogP contribution in [-0.2, 0) is 4.79 Å². The molecule has 1 aromatic carbocycles. The third-order valence-corrected chi connectivity index (χ3v) is 2.10. The van der Waals surface area contributed by atoms with Crippen molar-refractivity contribution in [2.24, 2.45) is 11.5 Å². The first-order chi connectivity index (χ1) is 7.00. The summed E-state index contributed by atoms with van der Waals surface area (Å²) in [7, 11) is 0. The van der Waals surface area contributed by atoms with Crippen molar-refractivity contribution in [3.63, 3.8) is 0 Å². The van der Waals surface area contributed by atoms with Gasteiger partial charge in [-0.1, -0.05) is 12.1 Å². The molecule has 15 heavy (non-hydrogen) atoms. The first-order valence-electron chi connectivity index (χ1n) is 4.82. The number of primary amides is 1. The highest BCUT2D eigenvalue weighted by molar-refractivity contribution is 5.78. The summed E-state index contributed by atoms with van der Waals surface area (Å²) >= 11 is 0. The van der Waals surface area contributed by atoms with Gasteiger partial charge in [0.1, 0.15) is 5.75 Å². The second-order valence-electron chi connectivity index (χ2n) is 3.52. The molecule has 1 rings (SSSR count). The lowest BCUT2D eigenvalue weighted by Crippen LogP contribution is -2.30. The van der Waals surface area contributed by atoms with Gasteiger partial charge in [0.25, 0.3) is 5.91 Å². The zero-order valence-electron chi connectivity index (χ0n) is 8.94. The number of nitrogens with two attached hydrogens (primary N) is 2. The largest absolute Gasteiger partial charge is 0.481 e. The quantitative estimate of drug-likeness (QED) is 0.773. The van der Waals surface area contributed by atoms with E-state index >= 15 is 0 Å². The zero-order chi connectivity index (χ0) is 11.4. The molecule has 82 valence electrons. The van der Waals surface area contributed by atoms with E-state index in [1.807, 2.05) is 25.1 Å². The Morgan fingerprint density at radius 3 is 2.60 bits per heavy atom. The predicted molar refractivity (Wildman–Crippen MR) is 58.3 cm³/mol. The summed E-state index contributed by atoms with van der Waals surface area (Å²) in [4.78, 5) is 10.8. The number of hydrogen-bond acceptors (Lipinski definition) is 3. The predicted octanol–water partition coefficient (Wildman–Crippen LogP) is 0.959. The molecule has 0 aliphatic rings. The fraction of sp³-hybridized carbons (Fsp3) is 0.364. The molecule has 0 radical (unpaired) electrons. The van der Waals surface area contributed by atoms with E-state index in [0.29, 0.717) is 5.75 Å². The molecule has 0 aromatic heterocycles. The molecule has 0 aliphatic carbocycles. The van der Waals surface area contributed by atoms with Gasteiger partial charge in [-0.15, -0.1) is 0 Å².